The van der Waals surface area contributed by atoms with Crippen LogP contribution in [-0.2, 0) is 6.54 Å². The Morgan fingerprint density at radius 2 is 1.90 bits per heavy atom. The monoisotopic (exact) mass is 324 g/mol. The van der Waals surface area contributed by atoms with Crippen molar-refractivity contribution < 1.29 is 4.74 Å². The molecule has 0 unspecified atom stereocenters. The molecule has 2 aromatic rings. The van der Waals surface area contributed by atoms with Gasteiger partial charge >= 0.3 is 0 Å². The third-order valence-corrected chi connectivity index (χ3v) is 3.23. The maximum absolute atomic E-state index is 5.99. The average molecular weight is 325 g/mol. The number of halogens is 2. The average Bonchev–Trinajstić information content (AvgIpc) is 2.39. The summed E-state index contributed by atoms with van der Waals surface area (Å²) in [5.41, 5.74) is 0.995. The van der Waals surface area contributed by atoms with Crippen molar-refractivity contribution in [3.8, 4) is 11.5 Å². The van der Waals surface area contributed by atoms with Gasteiger partial charge in [-0.05, 0) is 36.7 Å². The van der Waals surface area contributed by atoms with Crippen LogP contribution in [0.2, 0.25) is 10.0 Å². The quantitative estimate of drug-likeness (QED) is 0.818. The zero-order chi connectivity index (χ0) is 15.2. The molecular formula is C16H18Cl2N2O. The summed E-state index contributed by atoms with van der Waals surface area (Å²) >= 11 is 12.0. The predicted molar refractivity (Wildman–Crippen MR) is 87.3 cm³/mol. The summed E-state index contributed by atoms with van der Waals surface area (Å²) in [5, 5.41) is 4.47. The summed E-state index contributed by atoms with van der Waals surface area (Å²) in [5.74, 6) is 1.96. The Morgan fingerprint density at radius 1 is 1.19 bits per heavy atom. The molecule has 21 heavy (non-hydrogen) atoms. The van der Waals surface area contributed by atoms with Gasteiger partial charge in [0.25, 0.3) is 0 Å². The highest BCUT2D eigenvalue weighted by atomic mass is 35.5. The van der Waals surface area contributed by atoms with Crippen molar-refractivity contribution in [2.24, 2.45) is 5.92 Å². The Morgan fingerprint density at radius 3 is 2.57 bits per heavy atom. The van der Waals surface area contributed by atoms with Crippen LogP contribution in [-0.4, -0.2) is 11.5 Å². The number of hydrogen-bond donors (Lipinski definition) is 1. The fraction of sp³-hybridized carbons (Fsp3) is 0.312. The number of ether oxygens (including phenoxy) is 1. The highest BCUT2D eigenvalue weighted by Gasteiger charge is 2.07. The van der Waals surface area contributed by atoms with Crippen molar-refractivity contribution in [2.45, 2.75) is 20.4 Å². The van der Waals surface area contributed by atoms with Gasteiger partial charge in [-0.3, -0.25) is 4.98 Å². The minimum absolute atomic E-state index is 0.547. The number of hydrogen-bond acceptors (Lipinski definition) is 3. The smallest absolute Gasteiger partial charge is 0.134 e. The molecule has 0 aliphatic heterocycles. The molecule has 1 aromatic heterocycles. The standard InChI is InChI=1S/C16H18Cl2N2O/c1-11(2)8-20-10-12-9-19-4-3-16(12)21-15-6-13(17)5-14(18)7-15/h3-7,9,11,20H,8,10H2,1-2H3. The molecule has 0 aliphatic carbocycles. The molecule has 5 heteroatoms. The van der Waals surface area contributed by atoms with Crippen LogP contribution in [0.3, 0.4) is 0 Å². The molecule has 0 fully saturated rings. The van der Waals surface area contributed by atoms with Gasteiger partial charge in [0.1, 0.15) is 11.5 Å². The van der Waals surface area contributed by atoms with Gasteiger partial charge in [0.15, 0.2) is 0 Å². The van der Waals surface area contributed by atoms with Crippen molar-refractivity contribution in [2.75, 3.05) is 6.54 Å². The van der Waals surface area contributed by atoms with Crippen molar-refractivity contribution in [1.82, 2.24) is 10.3 Å². The number of aromatic nitrogens is 1. The van der Waals surface area contributed by atoms with Crippen molar-refractivity contribution >= 4 is 23.2 Å². The fourth-order valence-corrected chi connectivity index (χ4v) is 2.36. The van der Waals surface area contributed by atoms with Gasteiger partial charge in [-0.1, -0.05) is 37.0 Å². The second kappa shape index (κ2) is 7.64. The van der Waals surface area contributed by atoms with Gasteiger partial charge in [0.05, 0.1) is 0 Å². The summed E-state index contributed by atoms with van der Waals surface area (Å²) in [6.07, 6.45) is 3.50. The van der Waals surface area contributed by atoms with Crippen LogP contribution in [0.25, 0.3) is 0 Å². The molecule has 0 saturated heterocycles. The summed E-state index contributed by atoms with van der Waals surface area (Å²) in [6.45, 7) is 5.98. The van der Waals surface area contributed by atoms with Gasteiger partial charge in [-0.2, -0.15) is 0 Å². The van der Waals surface area contributed by atoms with E-state index in [-0.39, 0.29) is 0 Å². The Bertz CT molecular complexity index is 582. The normalized spacial score (nSPS) is 10.9. The van der Waals surface area contributed by atoms with Crippen molar-refractivity contribution in [1.29, 1.82) is 0 Å². The topological polar surface area (TPSA) is 34.2 Å². The van der Waals surface area contributed by atoms with Gasteiger partial charge < -0.3 is 10.1 Å². The zero-order valence-corrected chi connectivity index (χ0v) is 13.6. The number of rotatable bonds is 6. The second-order valence-corrected chi connectivity index (χ2v) is 6.09. The molecule has 0 radical (unpaired) electrons. The van der Waals surface area contributed by atoms with Crippen LogP contribution in [0.15, 0.2) is 36.7 Å². The first-order valence-corrected chi connectivity index (χ1v) is 7.57. The van der Waals surface area contributed by atoms with Crippen LogP contribution in [0.4, 0.5) is 0 Å². The highest BCUT2D eigenvalue weighted by molar-refractivity contribution is 6.34. The lowest BCUT2D eigenvalue weighted by Crippen LogP contribution is -2.19. The van der Waals surface area contributed by atoms with Gasteiger partial charge in [0, 0.05) is 34.5 Å². The van der Waals surface area contributed by atoms with Gasteiger partial charge in [0.2, 0.25) is 0 Å². The molecule has 0 atom stereocenters. The van der Waals surface area contributed by atoms with E-state index in [1.807, 2.05) is 6.07 Å². The molecule has 0 saturated carbocycles. The van der Waals surface area contributed by atoms with Crippen molar-refractivity contribution in [3.63, 3.8) is 0 Å². The molecule has 3 nitrogen and oxygen atoms in total. The SMILES string of the molecule is CC(C)CNCc1cnccc1Oc1cc(Cl)cc(Cl)c1. The van der Waals surface area contributed by atoms with Crippen LogP contribution >= 0.6 is 23.2 Å². The number of nitrogens with one attached hydrogen (secondary N) is 1. The summed E-state index contributed by atoms with van der Waals surface area (Å²) in [6, 6.07) is 6.98. The zero-order valence-electron chi connectivity index (χ0n) is 12.1. The van der Waals surface area contributed by atoms with E-state index >= 15 is 0 Å². The van der Waals surface area contributed by atoms with Crippen LogP contribution in [0.5, 0.6) is 11.5 Å². The highest BCUT2D eigenvalue weighted by Crippen LogP contribution is 2.29. The molecule has 0 bridgehead atoms. The predicted octanol–water partition coefficient (Wildman–Crippen LogP) is 4.93. The third-order valence-electron chi connectivity index (χ3n) is 2.79. The molecule has 1 aromatic carbocycles. The van der Waals surface area contributed by atoms with Crippen molar-refractivity contribution in [3.05, 3.63) is 52.3 Å². The first-order valence-electron chi connectivity index (χ1n) is 6.82. The van der Waals surface area contributed by atoms with E-state index < -0.39 is 0 Å². The fourth-order valence-electron chi connectivity index (χ4n) is 1.86. The lowest BCUT2D eigenvalue weighted by Gasteiger charge is -2.13. The molecule has 0 aliphatic rings. The number of nitrogens with zero attached hydrogens (tertiary/aromatic N) is 1. The van der Waals surface area contributed by atoms with Crippen LogP contribution in [0.1, 0.15) is 19.4 Å². The minimum atomic E-state index is 0.547. The Labute approximate surface area is 135 Å². The summed E-state index contributed by atoms with van der Waals surface area (Å²) in [4.78, 5) is 4.15. The molecule has 0 spiro atoms. The Balaban J connectivity index is 2.12. The second-order valence-electron chi connectivity index (χ2n) is 5.22. The van der Waals surface area contributed by atoms with E-state index in [1.165, 1.54) is 0 Å². The molecule has 2 rings (SSSR count). The lowest BCUT2D eigenvalue weighted by molar-refractivity contribution is 0.468. The van der Waals surface area contributed by atoms with E-state index in [0.717, 1.165) is 17.9 Å². The largest absolute Gasteiger partial charge is 0.457 e. The third kappa shape index (κ3) is 5.20. The molecular weight excluding hydrogens is 307 g/mol. The minimum Gasteiger partial charge on any atom is -0.457 e. The molecule has 1 N–H and O–H groups in total. The van der Waals surface area contributed by atoms with Crippen LogP contribution < -0.4 is 10.1 Å². The van der Waals surface area contributed by atoms with Crippen LogP contribution in [0, 0.1) is 5.92 Å². The molecule has 0 amide bonds. The summed E-state index contributed by atoms with van der Waals surface area (Å²) < 4.78 is 5.88. The van der Waals surface area contributed by atoms with E-state index in [0.29, 0.717) is 28.3 Å². The molecule has 112 valence electrons. The van der Waals surface area contributed by atoms with E-state index in [4.69, 9.17) is 27.9 Å². The maximum atomic E-state index is 5.99. The number of pyridine rings is 1. The van der Waals surface area contributed by atoms with Gasteiger partial charge in [-0.15, -0.1) is 0 Å². The first-order chi connectivity index (χ1) is 10.0. The maximum Gasteiger partial charge on any atom is 0.134 e. The number of benzene rings is 1. The Kier molecular flexibility index (Phi) is 5.85. The molecule has 1 heterocycles. The first kappa shape index (κ1) is 16.1. The van der Waals surface area contributed by atoms with E-state index in [2.05, 4.69) is 24.1 Å². The summed E-state index contributed by atoms with van der Waals surface area (Å²) in [7, 11) is 0. The lowest BCUT2D eigenvalue weighted by atomic mass is 10.2. The van der Waals surface area contributed by atoms with E-state index in [1.54, 1.807) is 30.6 Å². The Hall–Kier alpha value is -1.29. The van der Waals surface area contributed by atoms with E-state index in [9.17, 15) is 0 Å². The van der Waals surface area contributed by atoms with Gasteiger partial charge in [-0.25, -0.2) is 0 Å².